The van der Waals surface area contributed by atoms with Crippen molar-refractivity contribution in [3.05, 3.63) is 161 Å². The van der Waals surface area contributed by atoms with E-state index in [4.69, 9.17) is 0 Å². The maximum atomic E-state index is 2.70. The molecule has 8 rings (SSSR count). The first-order chi connectivity index (χ1) is 24.4. The molecule has 4 aromatic carbocycles. The van der Waals surface area contributed by atoms with Gasteiger partial charge in [-0.3, -0.25) is 0 Å². The number of hydrogen-bond donors (Lipinski definition) is 0. The summed E-state index contributed by atoms with van der Waals surface area (Å²) in [7, 11) is -1.58. The standard InChI is InChI=1S/C25H25.C15H14.C10H17Si.2ClH.Zr/c1-14-12-24(3,4)22-8-16-7-17-9-23-19(15(2)13-25(23,5)6)11-21(17)20(16)10-18(14)22;1-12-3-7-14(8-4-12)11-15-9-5-13(2)6-10-15;1-8-6-9(2)10(7-8)11(3,4)5;;;/h7-13H,1-6H3;3-10H,1-2H3;7-8H,1-5H3;2*1H;/q;;;;;+2/p-2. The summed E-state index contributed by atoms with van der Waals surface area (Å²) in [4.78, 5) is 0. The fraction of sp³-hybridized carbons (Fsp3) is 0.340. The molecule has 4 aliphatic carbocycles. The van der Waals surface area contributed by atoms with E-state index in [0.717, 1.165) is 0 Å². The molecule has 0 bridgehead atoms. The van der Waals surface area contributed by atoms with Crippen LogP contribution >= 0.6 is 0 Å². The number of hydrogen-bond acceptors (Lipinski definition) is 0. The van der Waals surface area contributed by atoms with Gasteiger partial charge >= 0.3 is 325 Å². The van der Waals surface area contributed by atoms with Crippen LogP contribution in [0.25, 0.3) is 22.3 Å². The van der Waals surface area contributed by atoms with E-state index in [1.165, 1.54) is 66.8 Å². The van der Waals surface area contributed by atoms with Crippen LogP contribution in [0.1, 0.15) is 115 Å². The Bertz CT molecular complexity index is 2240. The minimum Gasteiger partial charge on any atom is -1.00 e. The number of benzene rings is 4. The molecule has 0 radical (unpaired) electrons. The van der Waals surface area contributed by atoms with Crippen LogP contribution in [0.15, 0.2) is 105 Å². The molecule has 4 heteroatoms. The average molecular weight is 847 g/mol. The number of allylic oxidation sites excluding steroid dienone is 8. The third kappa shape index (κ3) is 6.50. The Morgan fingerprint density at radius 1 is 0.593 bits per heavy atom. The summed E-state index contributed by atoms with van der Waals surface area (Å²) >= 11 is -3.00. The zero-order valence-electron chi connectivity index (χ0n) is 34.6. The van der Waals surface area contributed by atoms with Crippen LogP contribution in [0.4, 0.5) is 0 Å². The summed E-state index contributed by atoms with van der Waals surface area (Å²) in [6, 6.07) is 29.8. The van der Waals surface area contributed by atoms with E-state index < -0.39 is 29.3 Å². The fourth-order valence-corrected chi connectivity index (χ4v) is 22.6. The quantitative estimate of drug-likeness (QED) is 0.184. The second kappa shape index (κ2) is 14.1. The van der Waals surface area contributed by atoms with Crippen molar-refractivity contribution >= 4 is 22.4 Å². The average Bonchev–Trinajstić information content (AvgIpc) is 3.70. The van der Waals surface area contributed by atoms with E-state index in [9.17, 15) is 0 Å². The zero-order valence-corrected chi connectivity index (χ0v) is 39.5. The Morgan fingerprint density at radius 3 is 1.37 bits per heavy atom. The number of fused-ring (bicyclic) bond motifs is 5. The predicted octanol–water partition coefficient (Wildman–Crippen LogP) is 7.38. The summed E-state index contributed by atoms with van der Waals surface area (Å²) in [5.41, 5.74) is 22.0. The number of rotatable bonds is 5. The van der Waals surface area contributed by atoms with Gasteiger partial charge in [0.25, 0.3) is 0 Å². The van der Waals surface area contributed by atoms with Crippen LogP contribution in [-0.4, -0.2) is 11.3 Å². The Kier molecular flexibility index (Phi) is 10.7. The van der Waals surface area contributed by atoms with Crippen molar-refractivity contribution in [1.29, 1.82) is 0 Å². The molecular weight excluding hydrogens is 791 g/mol. The van der Waals surface area contributed by atoms with Gasteiger partial charge in [0.15, 0.2) is 0 Å². The minimum absolute atomic E-state index is 0. The van der Waals surface area contributed by atoms with Gasteiger partial charge in [-0.2, -0.15) is 0 Å². The molecule has 278 valence electrons. The van der Waals surface area contributed by atoms with Gasteiger partial charge in [-0.15, -0.1) is 0 Å². The molecule has 54 heavy (non-hydrogen) atoms. The van der Waals surface area contributed by atoms with Crippen LogP contribution < -0.4 is 24.8 Å². The molecule has 0 aliphatic heterocycles. The van der Waals surface area contributed by atoms with Crippen LogP contribution in [0.3, 0.4) is 0 Å². The molecule has 0 N–H and O–H groups in total. The molecule has 0 aromatic heterocycles. The van der Waals surface area contributed by atoms with Gasteiger partial charge in [0.1, 0.15) is 0 Å². The largest absolute Gasteiger partial charge is 1.00 e. The van der Waals surface area contributed by atoms with Gasteiger partial charge in [0.2, 0.25) is 0 Å². The minimum atomic E-state index is -3.00. The summed E-state index contributed by atoms with van der Waals surface area (Å²) < 4.78 is 3.83. The van der Waals surface area contributed by atoms with Crippen molar-refractivity contribution in [2.24, 2.45) is 5.92 Å². The Balaban J connectivity index is 0.00000249. The smallest absolute Gasteiger partial charge is 1.00 e. The molecule has 0 fully saturated rings. The normalized spacial score (nSPS) is 18.7. The molecule has 0 amide bonds. The van der Waals surface area contributed by atoms with Crippen molar-refractivity contribution in [2.45, 2.75) is 103 Å². The maximum absolute atomic E-state index is 3.00. The van der Waals surface area contributed by atoms with Crippen molar-refractivity contribution in [3.8, 4) is 11.1 Å². The van der Waals surface area contributed by atoms with E-state index in [0.29, 0.717) is 9.54 Å². The summed E-state index contributed by atoms with van der Waals surface area (Å²) in [6.07, 6.45) is 7.72. The monoisotopic (exact) mass is 844 g/mol. The van der Waals surface area contributed by atoms with E-state index in [1.54, 1.807) is 25.1 Å². The summed E-state index contributed by atoms with van der Waals surface area (Å²) in [5.74, 6) is 0.444. The molecule has 1 unspecified atom stereocenters. The zero-order chi connectivity index (χ0) is 37.2. The summed E-state index contributed by atoms with van der Waals surface area (Å²) in [6.45, 7) is 31.5. The Labute approximate surface area is 347 Å². The molecule has 0 saturated heterocycles. The molecule has 0 spiro atoms. The molecule has 4 aromatic rings. The first-order valence-electron chi connectivity index (χ1n) is 19.5. The van der Waals surface area contributed by atoms with Crippen LogP contribution in [-0.2, 0) is 32.1 Å². The maximum Gasteiger partial charge on any atom is -1.00 e. The van der Waals surface area contributed by atoms with E-state index in [-0.39, 0.29) is 35.6 Å². The van der Waals surface area contributed by atoms with Crippen LogP contribution in [0.5, 0.6) is 0 Å². The number of aryl methyl sites for hydroxylation is 2. The van der Waals surface area contributed by atoms with Gasteiger partial charge in [0, 0.05) is 0 Å². The third-order valence-corrected chi connectivity index (χ3v) is 24.0. The van der Waals surface area contributed by atoms with Gasteiger partial charge in [-0.1, -0.05) is 0 Å². The van der Waals surface area contributed by atoms with Gasteiger partial charge in [-0.05, 0) is 0 Å². The van der Waals surface area contributed by atoms with Crippen molar-refractivity contribution in [3.63, 3.8) is 0 Å². The number of halogens is 2. The van der Waals surface area contributed by atoms with Gasteiger partial charge < -0.3 is 24.8 Å². The van der Waals surface area contributed by atoms with E-state index in [1.807, 2.05) is 3.28 Å². The first-order valence-corrected chi connectivity index (χ1v) is 26.8. The van der Waals surface area contributed by atoms with Crippen molar-refractivity contribution in [1.82, 2.24) is 0 Å². The second-order valence-corrected chi connectivity index (χ2v) is 29.7. The molecule has 4 aliphatic rings. The van der Waals surface area contributed by atoms with Crippen LogP contribution in [0.2, 0.25) is 19.6 Å². The molecule has 0 nitrogen and oxygen atoms in total. The van der Waals surface area contributed by atoms with E-state index >= 15 is 0 Å². The Hall–Kier alpha value is -2.61. The first kappa shape index (κ1) is 41.0. The Morgan fingerprint density at radius 2 is 1.00 bits per heavy atom. The topological polar surface area (TPSA) is 0 Å². The van der Waals surface area contributed by atoms with Gasteiger partial charge in [0.05, 0.1) is 0 Å². The summed E-state index contributed by atoms with van der Waals surface area (Å²) in [5, 5.41) is 1.68. The third-order valence-electron chi connectivity index (χ3n) is 12.7. The predicted molar refractivity (Wildman–Crippen MR) is 226 cm³/mol. The van der Waals surface area contributed by atoms with E-state index in [2.05, 4.69) is 180 Å². The molecule has 0 saturated carbocycles. The van der Waals surface area contributed by atoms with Crippen molar-refractivity contribution < 1.29 is 46.1 Å². The second-order valence-electron chi connectivity index (χ2n) is 18.7. The SMILES string of the molecule is CC1=CC(C)(C)c2cc3c(cc21)-c1cc2c(cc1[CH]3[Zr+2]([C]1=C(C)C([Si](C)(C)C)=CC1C)=[C](c1ccc(C)cc1)c1ccc(C)cc1)C(C)(C)C=C2C.[Cl-].[Cl-]. The van der Waals surface area contributed by atoms with Crippen molar-refractivity contribution in [2.75, 3.05) is 0 Å². The molecular formula is C50H56Cl2SiZr. The fourth-order valence-electron chi connectivity index (χ4n) is 10.3. The molecule has 0 heterocycles. The van der Waals surface area contributed by atoms with Gasteiger partial charge in [-0.25, -0.2) is 0 Å². The van der Waals surface area contributed by atoms with Crippen LogP contribution in [0, 0.1) is 19.8 Å². The molecule has 1 atom stereocenters.